The first kappa shape index (κ1) is 28.7. The highest BCUT2D eigenvalue weighted by Crippen LogP contribution is 2.20. The van der Waals surface area contributed by atoms with Gasteiger partial charge in [0, 0.05) is 30.6 Å². The van der Waals surface area contributed by atoms with E-state index in [1.54, 1.807) is 37.3 Å². The van der Waals surface area contributed by atoms with E-state index in [1.165, 1.54) is 9.21 Å². The number of rotatable bonds is 12. The minimum absolute atomic E-state index is 0.00843. The van der Waals surface area contributed by atoms with E-state index < -0.39 is 16.1 Å². The molecule has 35 heavy (non-hydrogen) atoms. The van der Waals surface area contributed by atoms with Gasteiger partial charge in [0.05, 0.1) is 11.9 Å². The lowest BCUT2D eigenvalue weighted by atomic mass is 10.1. The van der Waals surface area contributed by atoms with Gasteiger partial charge in [-0.2, -0.15) is 0 Å². The molecule has 0 saturated carbocycles. The van der Waals surface area contributed by atoms with E-state index in [4.69, 9.17) is 11.6 Å². The fourth-order valence-corrected chi connectivity index (χ4v) is 4.77. The first-order valence-corrected chi connectivity index (χ1v) is 14.0. The lowest BCUT2D eigenvalue weighted by Gasteiger charge is -2.30. The number of nitrogens with zero attached hydrogens (tertiary/aromatic N) is 2. The van der Waals surface area contributed by atoms with Crippen molar-refractivity contribution in [2.75, 3.05) is 17.1 Å². The zero-order valence-corrected chi connectivity index (χ0v) is 22.7. The van der Waals surface area contributed by atoms with E-state index in [2.05, 4.69) is 5.32 Å². The molecule has 192 valence electrons. The summed E-state index contributed by atoms with van der Waals surface area (Å²) in [7, 11) is -3.52. The summed E-state index contributed by atoms with van der Waals surface area (Å²) in [5.74, 6) is -0.457. The van der Waals surface area contributed by atoms with Crippen molar-refractivity contribution in [3.05, 3.63) is 64.7 Å². The van der Waals surface area contributed by atoms with Crippen molar-refractivity contribution in [1.29, 1.82) is 0 Å². The first-order valence-electron chi connectivity index (χ1n) is 11.8. The van der Waals surface area contributed by atoms with Crippen LogP contribution in [0.15, 0.2) is 48.5 Å². The maximum Gasteiger partial charge on any atom is 0.242 e. The number of hydrogen-bond acceptors (Lipinski definition) is 4. The van der Waals surface area contributed by atoms with Crippen LogP contribution in [0.3, 0.4) is 0 Å². The van der Waals surface area contributed by atoms with Gasteiger partial charge in [0.15, 0.2) is 0 Å². The van der Waals surface area contributed by atoms with Crippen LogP contribution in [0.5, 0.6) is 0 Å². The van der Waals surface area contributed by atoms with Crippen molar-refractivity contribution in [2.24, 2.45) is 0 Å². The number of nitrogens with one attached hydrogen (secondary N) is 1. The monoisotopic (exact) mass is 521 g/mol. The lowest BCUT2D eigenvalue weighted by molar-refractivity contribution is -0.140. The Morgan fingerprint density at radius 2 is 1.74 bits per heavy atom. The van der Waals surface area contributed by atoms with E-state index in [0.29, 0.717) is 17.1 Å². The average molecular weight is 522 g/mol. The molecule has 2 rings (SSSR count). The maximum atomic E-state index is 13.3. The van der Waals surface area contributed by atoms with Gasteiger partial charge in [-0.05, 0) is 63.4 Å². The summed E-state index contributed by atoms with van der Waals surface area (Å²) in [4.78, 5) is 27.6. The van der Waals surface area contributed by atoms with Crippen LogP contribution in [-0.2, 0) is 26.2 Å². The molecular weight excluding hydrogens is 486 g/mol. The highest BCUT2D eigenvalue weighted by molar-refractivity contribution is 7.92. The Morgan fingerprint density at radius 3 is 2.31 bits per heavy atom. The number of aryl methyl sites for hydroxylation is 1. The van der Waals surface area contributed by atoms with Crippen LogP contribution in [0, 0.1) is 6.92 Å². The Labute approximate surface area is 214 Å². The van der Waals surface area contributed by atoms with Gasteiger partial charge in [-0.15, -0.1) is 0 Å². The Balaban J connectivity index is 2.16. The van der Waals surface area contributed by atoms with Gasteiger partial charge in [-0.3, -0.25) is 13.9 Å². The molecule has 0 aliphatic carbocycles. The summed E-state index contributed by atoms with van der Waals surface area (Å²) < 4.78 is 26.1. The van der Waals surface area contributed by atoms with Crippen LogP contribution < -0.4 is 9.62 Å². The van der Waals surface area contributed by atoms with E-state index >= 15 is 0 Å². The maximum absolute atomic E-state index is 13.3. The summed E-state index contributed by atoms with van der Waals surface area (Å²) >= 11 is 6.12. The molecule has 0 heterocycles. The van der Waals surface area contributed by atoms with Crippen molar-refractivity contribution in [2.45, 2.75) is 65.6 Å². The second-order valence-electron chi connectivity index (χ2n) is 8.92. The summed E-state index contributed by atoms with van der Waals surface area (Å²) in [5, 5.41) is 3.49. The van der Waals surface area contributed by atoms with Crippen LogP contribution in [0.2, 0.25) is 5.02 Å². The minimum Gasteiger partial charge on any atom is -0.352 e. The Bertz CT molecular complexity index is 1110. The molecular formula is C26H36ClN3O4S. The van der Waals surface area contributed by atoms with Crippen LogP contribution in [0.1, 0.15) is 51.2 Å². The second-order valence-corrected chi connectivity index (χ2v) is 11.3. The number of hydrogen-bond donors (Lipinski definition) is 1. The Morgan fingerprint density at radius 1 is 1.09 bits per heavy atom. The van der Waals surface area contributed by atoms with Crippen molar-refractivity contribution in [1.82, 2.24) is 10.2 Å². The van der Waals surface area contributed by atoms with Gasteiger partial charge in [-0.1, -0.05) is 48.4 Å². The number of amides is 2. The van der Waals surface area contributed by atoms with E-state index in [-0.39, 0.29) is 37.4 Å². The molecule has 0 spiro atoms. The predicted octanol–water partition coefficient (Wildman–Crippen LogP) is 4.53. The van der Waals surface area contributed by atoms with Gasteiger partial charge in [0.2, 0.25) is 21.8 Å². The molecule has 0 radical (unpaired) electrons. The van der Waals surface area contributed by atoms with Crippen LogP contribution >= 0.6 is 11.6 Å². The molecule has 0 aliphatic heterocycles. The summed E-state index contributed by atoms with van der Waals surface area (Å²) in [5.41, 5.74) is 2.40. The zero-order chi connectivity index (χ0) is 26.2. The molecule has 0 saturated heterocycles. The van der Waals surface area contributed by atoms with Crippen molar-refractivity contribution in [3.8, 4) is 0 Å². The third-order valence-corrected chi connectivity index (χ3v) is 7.31. The first-order chi connectivity index (χ1) is 16.4. The Kier molecular flexibility index (Phi) is 10.6. The quantitative estimate of drug-likeness (QED) is 0.444. The molecule has 7 nitrogen and oxygen atoms in total. The van der Waals surface area contributed by atoms with Crippen LogP contribution in [-0.4, -0.2) is 50.0 Å². The fourth-order valence-electron chi connectivity index (χ4n) is 3.60. The summed E-state index contributed by atoms with van der Waals surface area (Å²) in [6.07, 6.45) is 2.34. The highest BCUT2D eigenvalue weighted by atomic mass is 35.5. The largest absolute Gasteiger partial charge is 0.352 e. The molecule has 0 fully saturated rings. The van der Waals surface area contributed by atoms with Gasteiger partial charge in [0.25, 0.3) is 0 Å². The lowest BCUT2D eigenvalue weighted by Crippen LogP contribution is -2.49. The SMILES string of the molecule is CC[C@@H](C)NC(=O)[C@H](C)N(Cc1cccc(Cl)c1)C(=O)CCCN(c1ccc(C)cc1)S(C)(=O)=O. The van der Waals surface area contributed by atoms with Gasteiger partial charge >= 0.3 is 0 Å². The third kappa shape index (κ3) is 8.85. The zero-order valence-electron chi connectivity index (χ0n) is 21.1. The Hall–Kier alpha value is -2.58. The van der Waals surface area contributed by atoms with Crippen LogP contribution in [0.4, 0.5) is 5.69 Å². The number of carbonyl (C=O) groups excluding carboxylic acids is 2. The third-order valence-electron chi connectivity index (χ3n) is 5.88. The number of anilines is 1. The average Bonchev–Trinajstić information content (AvgIpc) is 2.79. The van der Waals surface area contributed by atoms with Gasteiger partial charge in [-0.25, -0.2) is 8.42 Å². The van der Waals surface area contributed by atoms with E-state index in [0.717, 1.165) is 23.8 Å². The van der Waals surface area contributed by atoms with Crippen LogP contribution in [0.25, 0.3) is 0 Å². The molecule has 2 aromatic carbocycles. The fraction of sp³-hybridized carbons (Fsp3) is 0.462. The van der Waals surface area contributed by atoms with Crippen molar-refractivity contribution in [3.63, 3.8) is 0 Å². The number of benzene rings is 2. The smallest absolute Gasteiger partial charge is 0.242 e. The van der Waals surface area contributed by atoms with E-state index in [1.807, 2.05) is 39.0 Å². The topological polar surface area (TPSA) is 86.8 Å². The minimum atomic E-state index is -3.52. The molecule has 9 heteroatoms. The number of carbonyl (C=O) groups is 2. The molecule has 0 aliphatic rings. The molecule has 2 amide bonds. The van der Waals surface area contributed by atoms with E-state index in [9.17, 15) is 18.0 Å². The normalized spacial score (nSPS) is 13.1. The second kappa shape index (κ2) is 12.9. The van der Waals surface area contributed by atoms with Gasteiger partial charge < -0.3 is 10.2 Å². The number of halogens is 1. The molecule has 0 unspecified atom stereocenters. The number of sulfonamides is 1. The molecule has 0 aromatic heterocycles. The van der Waals surface area contributed by atoms with Crippen molar-refractivity contribution >= 4 is 39.1 Å². The predicted molar refractivity (Wildman–Crippen MR) is 142 cm³/mol. The van der Waals surface area contributed by atoms with Gasteiger partial charge in [0.1, 0.15) is 6.04 Å². The standard InChI is InChI=1S/C26H36ClN3O4S/c1-6-20(3)28-26(32)21(4)29(18-22-9-7-10-23(27)17-22)25(31)11-8-16-30(35(5,33)34)24-14-12-19(2)13-15-24/h7,9-10,12-15,17,20-21H,6,8,11,16,18H2,1-5H3,(H,28,32)/t20-,21+/m1/s1. The van der Waals surface area contributed by atoms with Crippen molar-refractivity contribution < 1.29 is 18.0 Å². The summed E-state index contributed by atoms with van der Waals surface area (Å²) in [6.45, 7) is 7.91. The summed E-state index contributed by atoms with van der Waals surface area (Å²) in [6, 6.07) is 13.7. The molecule has 2 aromatic rings. The molecule has 0 bridgehead atoms. The highest BCUT2D eigenvalue weighted by Gasteiger charge is 2.27. The molecule has 1 N–H and O–H groups in total. The molecule has 2 atom stereocenters.